The topological polar surface area (TPSA) is 78.5 Å². The second-order valence-corrected chi connectivity index (χ2v) is 10.3. The van der Waals surface area contributed by atoms with Crippen molar-refractivity contribution in [2.45, 2.75) is 70.9 Å². The molecule has 1 atom stereocenters. The highest BCUT2D eigenvalue weighted by molar-refractivity contribution is 6.09. The van der Waals surface area contributed by atoms with Crippen LogP contribution in [0.4, 0.5) is 4.79 Å². The van der Waals surface area contributed by atoms with E-state index in [4.69, 9.17) is 0 Å². The molecule has 0 aromatic heterocycles. The van der Waals surface area contributed by atoms with Crippen LogP contribution >= 0.6 is 0 Å². The van der Waals surface area contributed by atoms with Gasteiger partial charge in [-0.25, -0.2) is 4.79 Å². The van der Waals surface area contributed by atoms with Gasteiger partial charge >= 0.3 is 6.03 Å². The van der Waals surface area contributed by atoms with Gasteiger partial charge in [0.25, 0.3) is 5.91 Å². The number of urea groups is 1. The summed E-state index contributed by atoms with van der Waals surface area (Å²) in [5, 5.41) is 5.99. The molecule has 1 unspecified atom stereocenters. The third kappa shape index (κ3) is 4.09. The van der Waals surface area contributed by atoms with Crippen molar-refractivity contribution in [2.75, 3.05) is 6.54 Å². The molecule has 1 saturated heterocycles. The number of imide groups is 1. The molecule has 4 rings (SSSR count). The average Bonchev–Trinajstić information content (AvgIpc) is 3.52. The minimum Gasteiger partial charge on any atom is -0.347 e. The number of nitrogens with one attached hydrogen (secondary N) is 2. The third-order valence-corrected chi connectivity index (χ3v) is 7.18. The van der Waals surface area contributed by atoms with Gasteiger partial charge < -0.3 is 10.6 Å². The number of nitrogens with zero attached hydrogens (tertiary/aromatic N) is 1. The van der Waals surface area contributed by atoms with Crippen LogP contribution in [0.15, 0.2) is 30.3 Å². The van der Waals surface area contributed by atoms with Crippen molar-refractivity contribution >= 4 is 17.8 Å². The average molecular weight is 412 g/mol. The monoisotopic (exact) mass is 411 g/mol. The number of benzene rings is 1. The van der Waals surface area contributed by atoms with E-state index in [2.05, 4.69) is 31.4 Å². The fourth-order valence-electron chi connectivity index (χ4n) is 5.06. The molecule has 2 saturated carbocycles. The first-order chi connectivity index (χ1) is 14.2. The lowest BCUT2D eigenvalue weighted by Crippen LogP contribution is -2.51. The molecule has 4 amide bonds. The molecule has 0 radical (unpaired) electrons. The molecule has 2 N–H and O–H groups in total. The molecule has 1 aliphatic heterocycles. The van der Waals surface area contributed by atoms with Crippen LogP contribution in [0, 0.1) is 17.3 Å². The zero-order valence-electron chi connectivity index (χ0n) is 18.2. The van der Waals surface area contributed by atoms with Crippen LogP contribution in [0.3, 0.4) is 0 Å². The predicted molar refractivity (Wildman–Crippen MR) is 114 cm³/mol. The van der Waals surface area contributed by atoms with Crippen LogP contribution in [-0.2, 0) is 9.59 Å². The van der Waals surface area contributed by atoms with Crippen LogP contribution in [0.1, 0.15) is 70.9 Å². The van der Waals surface area contributed by atoms with Crippen LogP contribution in [0.2, 0.25) is 0 Å². The minimum atomic E-state index is -0.825. The molecule has 162 valence electrons. The fraction of sp³-hybridized carbons (Fsp3) is 0.625. The Morgan fingerprint density at radius 1 is 1.13 bits per heavy atom. The number of carbonyl (C=O) groups is 3. The van der Waals surface area contributed by atoms with Gasteiger partial charge in [0.05, 0.1) is 6.04 Å². The van der Waals surface area contributed by atoms with E-state index in [1.54, 1.807) is 0 Å². The Morgan fingerprint density at radius 2 is 1.77 bits per heavy atom. The number of hydrogen-bond acceptors (Lipinski definition) is 3. The normalized spacial score (nSPS) is 27.8. The first-order valence-corrected chi connectivity index (χ1v) is 11.2. The van der Waals surface area contributed by atoms with E-state index in [1.807, 2.05) is 30.3 Å². The van der Waals surface area contributed by atoms with Gasteiger partial charge in [-0.05, 0) is 61.3 Å². The number of rotatable bonds is 5. The molecule has 30 heavy (non-hydrogen) atoms. The fourth-order valence-corrected chi connectivity index (χ4v) is 5.06. The summed E-state index contributed by atoms with van der Waals surface area (Å²) in [5.41, 5.74) is 0.443. The Kier molecular flexibility index (Phi) is 5.37. The van der Waals surface area contributed by atoms with Crippen molar-refractivity contribution in [3.8, 4) is 0 Å². The number of hydrogen-bond donors (Lipinski definition) is 2. The largest absolute Gasteiger partial charge is 0.347 e. The maximum absolute atomic E-state index is 13.1. The third-order valence-electron chi connectivity index (χ3n) is 7.18. The van der Waals surface area contributed by atoms with Gasteiger partial charge in [0.1, 0.15) is 12.1 Å². The Hall–Kier alpha value is -2.37. The lowest BCUT2D eigenvalue weighted by molar-refractivity contribution is -0.136. The Labute approximate surface area is 178 Å². The van der Waals surface area contributed by atoms with Gasteiger partial charge in [0, 0.05) is 0 Å². The molecule has 3 aliphatic rings. The molecule has 1 heterocycles. The van der Waals surface area contributed by atoms with Gasteiger partial charge in [-0.2, -0.15) is 0 Å². The zero-order chi connectivity index (χ0) is 21.5. The molecule has 3 fully saturated rings. The maximum Gasteiger partial charge on any atom is 0.325 e. The summed E-state index contributed by atoms with van der Waals surface area (Å²) in [6, 6.07) is 9.41. The van der Waals surface area contributed by atoms with Crippen molar-refractivity contribution in [3.05, 3.63) is 35.9 Å². The lowest BCUT2D eigenvalue weighted by atomic mass is 9.67. The van der Waals surface area contributed by atoms with Gasteiger partial charge in [0.15, 0.2) is 0 Å². The second kappa shape index (κ2) is 7.71. The van der Waals surface area contributed by atoms with E-state index < -0.39 is 11.6 Å². The SMILES string of the molecule is CC(C)(C)C1CCC2(CC1)NC(=O)N(CC(=O)NC(c1ccccc1)C1CC1)C2=O. The van der Waals surface area contributed by atoms with E-state index >= 15 is 0 Å². The smallest absolute Gasteiger partial charge is 0.325 e. The summed E-state index contributed by atoms with van der Waals surface area (Å²) < 4.78 is 0. The summed E-state index contributed by atoms with van der Waals surface area (Å²) in [5.74, 6) is 0.450. The van der Waals surface area contributed by atoms with Gasteiger partial charge in [-0.15, -0.1) is 0 Å². The van der Waals surface area contributed by atoms with E-state index in [9.17, 15) is 14.4 Å². The van der Waals surface area contributed by atoms with E-state index in [0.29, 0.717) is 24.7 Å². The van der Waals surface area contributed by atoms with Gasteiger partial charge in [0.2, 0.25) is 5.91 Å². The van der Waals surface area contributed by atoms with Crippen LogP contribution < -0.4 is 10.6 Å². The summed E-state index contributed by atoms with van der Waals surface area (Å²) >= 11 is 0. The van der Waals surface area contributed by atoms with E-state index in [1.165, 1.54) is 0 Å². The Balaban J connectivity index is 1.39. The van der Waals surface area contributed by atoms with Crippen molar-refractivity contribution in [1.82, 2.24) is 15.5 Å². The molecular weight excluding hydrogens is 378 g/mol. The molecule has 1 aromatic carbocycles. The summed E-state index contributed by atoms with van der Waals surface area (Å²) in [6.45, 7) is 6.46. The standard InChI is InChI=1S/C24H33N3O3/c1-23(2,3)18-11-13-24(14-12-18)21(29)27(22(30)26-24)15-19(28)25-20(17-9-10-17)16-7-5-4-6-8-16/h4-8,17-18,20H,9-15H2,1-3H3,(H,25,28)(H,26,30). The number of carbonyl (C=O) groups excluding carboxylic acids is 3. The predicted octanol–water partition coefficient (Wildman–Crippen LogP) is 3.78. The summed E-state index contributed by atoms with van der Waals surface area (Å²) in [7, 11) is 0. The second-order valence-electron chi connectivity index (χ2n) is 10.3. The highest BCUT2D eigenvalue weighted by Gasteiger charge is 2.53. The van der Waals surface area contributed by atoms with Crippen LogP contribution in [0.5, 0.6) is 0 Å². The molecular formula is C24H33N3O3. The zero-order valence-corrected chi connectivity index (χ0v) is 18.2. The van der Waals surface area contributed by atoms with Crippen molar-refractivity contribution in [1.29, 1.82) is 0 Å². The molecule has 2 aliphatic carbocycles. The highest BCUT2D eigenvalue weighted by atomic mass is 16.2. The van der Waals surface area contributed by atoms with Gasteiger partial charge in [-0.1, -0.05) is 51.1 Å². The van der Waals surface area contributed by atoms with Crippen LogP contribution in [0.25, 0.3) is 0 Å². The molecule has 0 bridgehead atoms. The van der Waals surface area contributed by atoms with Gasteiger partial charge in [-0.3, -0.25) is 14.5 Å². The van der Waals surface area contributed by atoms with E-state index in [-0.39, 0.29) is 29.8 Å². The quantitative estimate of drug-likeness (QED) is 0.724. The number of amides is 4. The molecule has 1 spiro atoms. The summed E-state index contributed by atoms with van der Waals surface area (Å²) in [4.78, 5) is 39.6. The minimum absolute atomic E-state index is 0.0596. The lowest BCUT2D eigenvalue weighted by Gasteiger charge is -2.40. The first-order valence-electron chi connectivity index (χ1n) is 11.2. The summed E-state index contributed by atoms with van der Waals surface area (Å²) in [6.07, 6.45) is 5.28. The maximum atomic E-state index is 13.1. The van der Waals surface area contributed by atoms with Crippen molar-refractivity contribution < 1.29 is 14.4 Å². The Bertz CT molecular complexity index is 818. The molecule has 1 aromatic rings. The van der Waals surface area contributed by atoms with Crippen molar-refractivity contribution in [3.63, 3.8) is 0 Å². The molecule has 6 heteroatoms. The molecule has 6 nitrogen and oxygen atoms in total. The van der Waals surface area contributed by atoms with Crippen molar-refractivity contribution in [2.24, 2.45) is 17.3 Å². The Morgan fingerprint density at radius 3 is 2.33 bits per heavy atom. The van der Waals surface area contributed by atoms with Crippen LogP contribution in [-0.4, -0.2) is 34.8 Å². The van der Waals surface area contributed by atoms with E-state index in [0.717, 1.165) is 36.1 Å². The highest BCUT2D eigenvalue weighted by Crippen LogP contribution is 2.44. The first kappa shape index (κ1) is 20.9.